The molecule has 17 heavy (non-hydrogen) atoms. The zero-order valence-electron chi connectivity index (χ0n) is 9.92. The van der Waals surface area contributed by atoms with Gasteiger partial charge in [-0.1, -0.05) is 13.8 Å². The minimum atomic E-state index is -0.0108. The van der Waals surface area contributed by atoms with Crippen LogP contribution in [-0.2, 0) is 4.79 Å². The van der Waals surface area contributed by atoms with E-state index in [-0.39, 0.29) is 11.8 Å². The van der Waals surface area contributed by atoms with Crippen molar-refractivity contribution in [3.8, 4) is 5.69 Å². The second-order valence-corrected chi connectivity index (χ2v) is 4.16. The van der Waals surface area contributed by atoms with Crippen molar-refractivity contribution in [3.63, 3.8) is 0 Å². The third-order valence-corrected chi connectivity index (χ3v) is 2.46. The highest BCUT2D eigenvalue weighted by Gasteiger charge is 2.06. The van der Waals surface area contributed by atoms with E-state index in [0.717, 1.165) is 11.4 Å². The van der Waals surface area contributed by atoms with E-state index in [2.05, 4.69) is 10.3 Å². The fourth-order valence-corrected chi connectivity index (χ4v) is 1.42. The summed E-state index contributed by atoms with van der Waals surface area (Å²) in [5.41, 5.74) is 1.83. The van der Waals surface area contributed by atoms with Gasteiger partial charge in [0.15, 0.2) is 0 Å². The Kier molecular flexibility index (Phi) is 3.23. The zero-order chi connectivity index (χ0) is 12.3. The average molecular weight is 229 g/mol. The second-order valence-electron chi connectivity index (χ2n) is 4.16. The molecule has 0 saturated carbocycles. The van der Waals surface area contributed by atoms with Gasteiger partial charge in [0.05, 0.1) is 6.33 Å². The Bertz CT molecular complexity index is 486. The first-order valence-corrected chi connectivity index (χ1v) is 5.56. The van der Waals surface area contributed by atoms with E-state index in [4.69, 9.17) is 0 Å². The summed E-state index contributed by atoms with van der Waals surface area (Å²) in [6.45, 7) is 3.74. The second kappa shape index (κ2) is 4.82. The van der Waals surface area contributed by atoms with E-state index >= 15 is 0 Å². The van der Waals surface area contributed by atoms with Crippen LogP contribution in [0, 0.1) is 5.92 Å². The number of benzene rings is 1. The first-order valence-electron chi connectivity index (χ1n) is 5.56. The van der Waals surface area contributed by atoms with Crippen LogP contribution in [-0.4, -0.2) is 15.5 Å². The molecule has 1 aromatic carbocycles. The van der Waals surface area contributed by atoms with E-state index in [9.17, 15) is 4.79 Å². The highest BCUT2D eigenvalue weighted by atomic mass is 16.1. The summed E-state index contributed by atoms with van der Waals surface area (Å²) >= 11 is 0. The molecule has 0 atom stereocenters. The minimum absolute atomic E-state index is 0.0108. The summed E-state index contributed by atoms with van der Waals surface area (Å²) in [4.78, 5) is 15.5. The standard InChI is InChI=1S/C13H15N3O/c1-10(2)13(17)15-11-3-5-12(6-4-11)16-8-7-14-9-16/h3-10H,1-2H3,(H,15,17). The van der Waals surface area contributed by atoms with Gasteiger partial charge in [0.2, 0.25) is 5.91 Å². The molecule has 0 saturated heterocycles. The van der Waals surface area contributed by atoms with Crippen LogP contribution in [0.15, 0.2) is 43.0 Å². The maximum absolute atomic E-state index is 11.5. The highest BCUT2D eigenvalue weighted by Crippen LogP contribution is 2.13. The van der Waals surface area contributed by atoms with Crippen molar-refractivity contribution in [2.24, 2.45) is 5.92 Å². The van der Waals surface area contributed by atoms with Gasteiger partial charge in [0.1, 0.15) is 0 Å². The first-order chi connectivity index (χ1) is 8.16. The maximum atomic E-state index is 11.5. The van der Waals surface area contributed by atoms with Crippen molar-refractivity contribution >= 4 is 11.6 Å². The van der Waals surface area contributed by atoms with Gasteiger partial charge in [-0.05, 0) is 24.3 Å². The molecule has 0 aliphatic heterocycles. The van der Waals surface area contributed by atoms with Crippen LogP contribution >= 0.6 is 0 Å². The van der Waals surface area contributed by atoms with Crippen LogP contribution in [0.25, 0.3) is 5.69 Å². The van der Waals surface area contributed by atoms with Crippen molar-refractivity contribution in [2.45, 2.75) is 13.8 Å². The number of carbonyl (C=O) groups excluding carboxylic acids is 1. The van der Waals surface area contributed by atoms with Crippen LogP contribution in [0.4, 0.5) is 5.69 Å². The molecular weight excluding hydrogens is 214 g/mol. The zero-order valence-corrected chi connectivity index (χ0v) is 9.92. The van der Waals surface area contributed by atoms with Crippen LogP contribution in [0.2, 0.25) is 0 Å². The minimum Gasteiger partial charge on any atom is -0.326 e. The van der Waals surface area contributed by atoms with Gasteiger partial charge in [-0.15, -0.1) is 0 Å². The van der Waals surface area contributed by atoms with E-state index in [1.165, 1.54) is 0 Å². The summed E-state index contributed by atoms with van der Waals surface area (Å²) in [6.07, 6.45) is 5.35. The fourth-order valence-electron chi connectivity index (χ4n) is 1.42. The molecule has 88 valence electrons. The Morgan fingerprint density at radius 3 is 2.53 bits per heavy atom. The molecule has 1 N–H and O–H groups in total. The molecule has 0 radical (unpaired) electrons. The SMILES string of the molecule is CC(C)C(=O)Nc1ccc(-n2ccnc2)cc1. The molecule has 1 amide bonds. The lowest BCUT2D eigenvalue weighted by Gasteiger charge is -2.08. The van der Waals surface area contributed by atoms with E-state index in [1.54, 1.807) is 12.5 Å². The Balaban J connectivity index is 2.11. The van der Waals surface area contributed by atoms with Crippen molar-refractivity contribution in [2.75, 3.05) is 5.32 Å². The molecule has 0 aliphatic carbocycles. The smallest absolute Gasteiger partial charge is 0.226 e. The normalized spacial score (nSPS) is 10.5. The Morgan fingerprint density at radius 2 is 2.00 bits per heavy atom. The lowest BCUT2D eigenvalue weighted by Crippen LogP contribution is -2.17. The summed E-state index contributed by atoms with van der Waals surface area (Å²) in [6, 6.07) is 7.65. The molecule has 2 rings (SSSR count). The number of nitrogens with one attached hydrogen (secondary N) is 1. The van der Waals surface area contributed by atoms with Crippen LogP contribution in [0.1, 0.15) is 13.8 Å². The number of amides is 1. The van der Waals surface area contributed by atoms with Gasteiger partial charge >= 0.3 is 0 Å². The van der Waals surface area contributed by atoms with Gasteiger partial charge in [-0.25, -0.2) is 4.98 Å². The summed E-state index contributed by atoms with van der Waals surface area (Å²) in [5, 5.41) is 2.85. The number of anilines is 1. The fraction of sp³-hybridized carbons (Fsp3) is 0.231. The third-order valence-electron chi connectivity index (χ3n) is 2.46. The number of rotatable bonds is 3. The van der Waals surface area contributed by atoms with Crippen LogP contribution in [0.3, 0.4) is 0 Å². The predicted octanol–water partition coefficient (Wildman–Crippen LogP) is 2.47. The molecule has 4 heteroatoms. The molecule has 4 nitrogen and oxygen atoms in total. The number of carbonyl (C=O) groups is 1. The van der Waals surface area contributed by atoms with Gasteiger partial charge < -0.3 is 9.88 Å². The van der Waals surface area contributed by atoms with Crippen LogP contribution in [0.5, 0.6) is 0 Å². The molecule has 0 bridgehead atoms. The number of hydrogen-bond acceptors (Lipinski definition) is 2. The molecule has 0 spiro atoms. The van der Waals surface area contributed by atoms with Crippen molar-refractivity contribution < 1.29 is 4.79 Å². The lowest BCUT2D eigenvalue weighted by molar-refractivity contribution is -0.118. The quantitative estimate of drug-likeness (QED) is 0.878. The van der Waals surface area contributed by atoms with E-state index in [0.29, 0.717) is 0 Å². The lowest BCUT2D eigenvalue weighted by atomic mass is 10.2. The van der Waals surface area contributed by atoms with Crippen molar-refractivity contribution in [1.29, 1.82) is 0 Å². The predicted molar refractivity (Wildman–Crippen MR) is 67.0 cm³/mol. The Morgan fingerprint density at radius 1 is 1.29 bits per heavy atom. The third kappa shape index (κ3) is 2.72. The summed E-state index contributed by atoms with van der Waals surface area (Å²) in [5.74, 6) is 0.0173. The largest absolute Gasteiger partial charge is 0.326 e. The van der Waals surface area contributed by atoms with Crippen molar-refractivity contribution in [3.05, 3.63) is 43.0 Å². The molecule has 0 unspecified atom stereocenters. The van der Waals surface area contributed by atoms with Crippen LogP contribution < -0.4 is 5.32 Å². The summed E-state index contributed by atoms with van der Waals surface area (Å²) in [7, 11) is 0. The van der Waals surface area contributed by atoms with E-state index < -0.39 is 0 Å². The molecule has 0 fully saturated rings. The van der Waals surface area contributed by atoms with Gasteiger partial charge in [-0.3, -0.25) is 4.79 Å². The van der Waals surface area contributed by atoms with Gasteiger partial charge in [-0.2, -0.15) is 0 Å². The Hall–Kier alpha value is -2.10. The maximum Gasteiger partial charge on any atom is 0.226 e. The molecule has 1 aromatic heterocycles. The molecule has 2 aromatic rings. The highest BCUT2D eigenvalue weighted by molar-refractivity contribution is 5.92. The van der Waals surface area contributed by atoms with E-state index in [1.807, 2.05) is 48.9 Å². The number of hydrogen-bond donors (Lipinski definition) is 1. The van der Waals surface area contributed by atoms with Gasteiger partial charge in [0.25, 0.3) is 0 Å². The average Bonchev–Trinajstić information content (AvgIpc) is 2.83. The number of nitrogens with zero attached hydrogens (tertiary/aromatic N) is 2. The first kappa shape index (κ1) is 11.4. The molecular formula is C13H15N3O. The molecule has 0 aliphatic rings. The Labute approximate surface area is 100 Å². The number of imidazole rings is 1. The topological polar surface area (TPSA) is 46.9 Å². The monoisotopic (exact) mass is 229 g/mol. The molecule has 1 heterocycles. The van der Waals surface area contributed by atoms with Gasteiger partial charge in [0, 0.05) is 29.7 Å². The summed E-state index contributed by atoms with van der Waals surface area (Å²) < 4.78 is 1.91. The number of aromatic nitrogens is 2. The van der Waals surface area contributed by atoms with Crippen molar-refractivity contribution in [1.82, 2.24) is 9.55 Å².